The number of benzene rings is 1. The Morgan fingerprint density at radius 1 is 1.14 bits per heavy atom. The van der Waals surface area contributed by atoms with E-state index >= 15 is 0 Å². The summed E-state index contributed by atoms with van der Waals surface area (Å²) in [6.45, 7) is 7.68. The molecule has 3 heterocycles. The summed E-state index contributed by atoms with van der Waals surface area (Å²) < 4.78 is 5.70. The van der Waals surface area contributed by atoms with Crippen molar-refractivity contribution in [2.75, 3.05) is 18.0 Å². The lowest BCUT2D eigenvalue weighted by molar-refractivity contribution is -0.131. The molecule has 8 nitrogen and oxygen atoms in total. The Morgan fingerprint density at radius 2 is 1.91 bits per heavy atom. The van der Waals surface area contributed by atoms with Crippen molar-refractivity contribution in [2.24, 2.45) is 0 Å². The van der Waals surface area contributed by atoms with Crippen LogP contribution in [-0.4, -0.2) is 56.8 Å². The first-order valence-electron chi connectivity index (χ1n) is 11.6. The van der Waals surface area contributed by atoms with Crippen molar-refractivity contribution < 1.29 is 19.4 Å². The maximum atomic E-state index is 13.2. The maximum absolute atomic E-state index is 13.2. The average molecular weight is 475 g/mol. The lowest BCUT2D eigenvalue weighted by Gasteiger charge is -2.31. The summed E-state index contributed by atoms with van der Waals surface area (Å²) in [6, 6.07) is 13.6. The average Bonchev–Trinajstić information content (AvgIpc) is 3.25. The monoisotopic (exact) mass is 474 g/mol. The number of carbonyl (C=O) groups excluding carboxylic acids is 1. The molecule has 1 N–H and O–H groups in total. The molecule has 182 valence electrons. The number of fused-ring (bicyclic) bond motifs is 1. The molecule has 0 unspecified atom stereocenters. The zero-order valence-electron chi connectivity index (χ0n) is 20.2. The first-order chi connectivity index (χ1) is 16.7. The normalized spacial score (nSPS) is 16.6. The van der Waals surface area contributed by atoms with Crippen molar-refractivity contribution in [3.8, 4) is 0 Å². The number of hydrogen-bond acceptors (Lipinski definition) is 6. The van der Waals surface area contributed by atoms with Gasteiger partial charge in [-0.2, -0.15) is 0 Å². The highest BCUT2D eigenvalue weighted by atomic mass is 16.6. The summed E-state index contributed by atoms with van der Waals surface area (Å²) in [4.78, 5) is 36.9. The number of aromatic nitrogens is 2. The maximum Gasteiger partial charge on any atom is 0.416 e. The first-order valence-corrected chi connectivity index (χ1v) is 11.6. The van der Waals surface area contributed by atoms with Gasteiger partial charge in [-0.15, -0.1) is 0 Å². The van der Waals surface area contributed by atoms with Gasteiger partial charge in [0.2, 0.25) is 0 Å². The van der Waals surface area contributed by atoms with Crippen LogP contribution in [0.1, 0.15) is 38.4 Å². The van der Waals surface area contributed by atoms with Gasteiger partial charge in [0.25, 0.3) is 0 Å². The molecule has 1 aliphatic heterocycles. The van der Waals surface area contributed by atoms with E-state index in [-0.39, 0.29) is 6.04 Å². The van der Waals surface area contributed by atoms with Crippen LogP contribution in [0.25, 0.3) is 16.8 Å². The molecule has 2 aromatic heterocycles. The highest BCUT2D eigenvalue weighted by Crippen LogP contribution is 2.26. The third kappa shape index (κ3) is 6.42. The van der Waals surface area contributed by atoms with E-state index in [1.54, 1.807) is 23.2 Å². The third-order valence-electron chi connectivity index (χ3n) is 5.71. The minimum absolute atomic E-state index is 0.113. The van der Waals surface area contributed by atoms with Crippen molar-refractivity contribution in [2.45, 2.75) is 45.4 Å². The van der Waals surface area contributed by atoms with Gasteiger partial charge in [0.15, 0.2) is 0 Å². The Balaban J connectivity index is 1.52. The van der Waals surface area contributed by atoms with Gasteiger partial charge in [-0.1, -0.05) is 24.3 Å². The number of hydrogen-bond donors (Lipinski definition) is 1. The van der Waals surface area contributed by atoms with E-state index in [1.165, 1.54) is 6.08 Å². The second-order valence-electron chi connectivity index (χ2n) is 9.67. The van der Waals surface area contributed by atoms with Crippen LogP contribution in [0.3, 0.4) is 0 Å². The van der Waals surface area contributed by atoms with Crippen molar-refractivity contribution in [1.29, 1.82) is 0 Å². The van der Waals surface area contributed by atoms with E-state index in [9.17, 15) is 9.59 Å². The van der Waals surface area contributed by atoms with Gasteiger partial charge in [0.1, 0.15) is 11.4 Å². The van der Waals surface area contributed by atoms with Gasteiger partial charge in [0.05, 0.1) is 11.7 Å². The number of pyridine rings is 2. The molecule has 1 aromatic carbocycles. The van der Waals surface area contributed by atoms with E-state index in [4.69, 9.17) is 9.84 Å². The number of rotatable bonds is 6. The number of aliphatic carboxylic acids is 1. The number of nitrogens with zero attached hydrogens (tertiary/aromatic N) is 4. The van der Waals surface area contributed by atoms with Crippen molar-refractivity contribution >= 4 is 34.7 Å². The summed E-state index contributed by atoms with van der Waals surface area (Å²) in [6.07, 6.45) is 6.29. The van der Waals surface area contributed by atoms with Gasteiger partial charge in [0, 0.05) is 43.5 Å². The molecule has 4 rings (SSSR count). The zero-order valence-corrected chi connectivity index (χ0v) is 20.2. The molecule has 35 heavy (non-hydrogen) atoms. The van der Waals surface area contributed by atoms with E-state index in [0.717, 1.165) is 35.5 Å². The van der Waals surface area contributed by atoms with Crippen LogP contribution in [0, 0.1) is 0 Å². The molecule has 1 saturated heterocycles. The second kappa shape index (κ2) is 10.2. The summed E-state index contributed by atoms with van der Waals surface area (Å²) in [7, 11) is 0. The number of carbonyl (C=O) groups is 2. The lowest BCUT2D eigenvalue weighted by atomic mass is 10.1. The molecule has 3 aromatic rings. The number of anilines is 1. The zero-order chi connectivity index (χ0) is 25.0. The Hall–Kier alpha value is -3.78. The molecule has 1 atom stereocenters. The number of ether oxygens (including phenoxy) is 1. The second-order valence-corrected chi connectivity index (χ2v) is 9.67. The van der Waals surface area contributed by atoms with E-state index < -0.39 is 17.7 Å². The fourth-order valence-corrected chi connectivity index (χ4v) is 4.16. The molecule has 0 spiro atoms. The minimum atomic E-state index is -1.03. The Bertz CT molecular complexity index is 1230. The number of likely N-dealkylation sites (tertiary alicyclic amines) is 1. The largest absolute Gasteiger partial charge is 0.478 e. The number of carboxylic acid groups (broad SMARTS) is 1. The van der Waals surface area contributed by atoms with Gasteiger partial charge < -0.3 is 9.84 Å². The molecule has 0 aliphatic carbocycles. The summed E-state index contributed by atoms with van der Waals surface area (Å²) >= 11 is 0. The summed E-state index contributed by atoms with van der Waals surface area (Å²) in [5, 5.41) is 11.1. The van der Waals surface area contributed by atoms with Crippen molar-refractivity contribution in [1.82, 2.24) is 14.9 Å². The van der Waals surface area contributed by atoms with Crippen molar-refractivity contribution in [3.05, 3.63) is 72.2 Å². The SMILES string of the molecule is CC(C)(C)OC(=O)N(c1ccc(/C=C/C(=O)O)cn1)[C@@H]1CCN(Cc2cc3ccccc3cn2)C1. The molecule has 1 aliphatic rings. The standard InChI is InChI=1S/C27H30N4O4/c1-27(2,3)35-26(34)31(24-10-8-19(15-29-24)9-11-25(32)33)23-12-13-30(18-23)17-22-14-20-6-4-5-7-21(20)16-28-22/h4-11,14-16,23H,12-13,17-18H2,1-3H3,(H,32,33)/b11-9+/t23-/m1/s1. The summed E-state index contributed by atoms with van der Waals surface area (Å²) in [5.74, 6) is -0.557. The number of amides is 1. The highest BCUT2D eigenvalue weighted by Gasteiger charge is 2.35. The van der Waals surface area contributed by atoms with Crippen LogP contribution >= 0.6 is 0 Å². The van der Waals surface area contributed by atoms with Gasteiger partial charge in [-0.3, -0.25) is 14.8 Å². The molecular weight excluding hydrogens is 444 g/mol. The van der Waals surface area contributed by atoms with Crippen LogP contribution in [0.2, 0.25) is 0 Å². The predicted molar refractivity (Wildman–Crippen MR) is 135 cm³/mol. The van der Waals surface area contributed by atoms with Crippen LogP contribution in [0.15, 0.2) is 60.9 Å². The predicted octanol–water partition coefficient (Wildman–Crippen LogP) is 4.74. The molecule has 1 fully saturated rings. The Kier molecular flexibility index (Phi) is 7.12. The summed E-state index contributed by atoms with van der Waals surface area (Å²) in [5.41, 5.74) is 0.976. The fraction of sp³-hybridized carbons (Fsp3) is 0.333. The molecular formula is C27H30N4O4. The first kappa shape index (κ1) is 24.3. The van der Waals surface area contributed by atoms with Crippen LogP contribution < -0.4 is 4.90 Å². The molecule has 0 saturated carbocycles. The van der Waals surface area contributed by atoms with Crippen LogP contribution in [0.4, 0.5) is 10.6 Å². The molecule has 0 radical (unpaired) electrons. The third-order valence-corrected chi connectivity index (χ3v) is 5.71. The minimum Gasteiger partial charge on any atom is -0.478 e. The Morgan fingerprint density at radius 3 is 2.60 bits per heavy atom. The van der Waals surface area contributed by atoms with E-state index in [0.29, 0.717) is 24.5 Å². The van der Waals surface area contributed by atoms with Crippen LogP contribution in [0.5, 0.6) is 0 Å². The van der Waals surface area contributed by atoms with Gasteiger partial charge >= 0.3 is 12.1 Å². The van der Waals surface area contributed by atoms with Crippen LogP contribution in [-0.2, 0) is 16.1 Å². The smallest absolute Gasteiger partial charge is 0.416 e. The quantitative estimate of drug-likeness (QED) is 0.515. The van der Waals surface area contributed by atoms with Gasteiger partial charge in [-0.25, -0.2) is 14.6 Å². The van der Waals surface area contributed by atoms with E-state index in [1.807, 2.05) is 45.2 Å². The lowest BCUT2D eigenvalue weighted by Crippen LogP contribution is -2.45. The topological polar surface area (TPSA) is 95.9 Å². The molecule has 0 bridgehead atoms. The molecule has 8 heteroatoms. The van der Waals surface area contributed by atoms with Gasteiger partial charge in [-0.05, 0) is 62.4 Å². The van der Waals surface area contributed by atoms with Crippen molar-refractivity contribution in [3.63, 3.8) is 0 Å². The molecule has 1 amide bonds. The highest BCUT2D eigenvalue weighted by molar-refractivity contribution is 5.88. The van der Waals surface area contributed by atoms with E-state index in [2.05, 4.69) is 27.0 Å². The fourth-order valence-electron chi connectivity index (χ4n) is 4.16. The Labute approximate surface area is 204 Å². The number of carboxylic acids is 1.